The molecule has 0 saturated carbocycles. The summed E-state index contributed by atoms with van der Waals surface area (Å²) in [4.78, 5) is 37.1. The second-order valence-corrected chi connectivity index (χ2v) is 6.46. The van der Waals surface area contributed by atoms with E-state index in [1.807, 2.05) is 12.1 Å². The Balaban J connectivity index is 1.59. The van der Waals surface area contributed by atoms with Crippen molar-refractivity contribution in [1.29, 1.82) is 0 Å². The molecule has 1 saturated heterocycles. The highest BCUT2D eigenvalue weighted by Crippen LogP contribution is 2.21. The molecular formula is C20H21N3O6. The molecular weight excluding hydrogens is 378 g/mol. The summed E-state index contributed by atoms with van der Waals surface area (Å²) in [5.41, 5.74) is 1.01. The first-order valence-electron chi connectivity index (χ1n) is 9.13. The summed E-state index contributed by atoms with van der Waals surface area (Å²) < 4.78 is 10.4. The molecule has 152 valence electrons. The van der Waals surface area contributed by atoms with Gasteiger partial charge in [-0.2, -0.15) is 0 Å². The third-order valence-electron chi connectivity index (χ3n) is 4.48. The Morgan fingerprint density at radius 3 is 2.45 bits per heavy atom. The van der Waals surface area contributed by atoms with Crippen molar-refractivity contribution in [3.8, 4) is 0 Å². The van der Waals surface area contributed by atoms with Crippen molar-refractivity contribution in [2.45, 2.75) is 13.0 Å². The SMILES string of the molecule is CC(OC(=O)c1ccccc1[N+](=O)[O-])C(=O)Nc1ccc(N2CCOCC2)cc1. The molecule has 29 heavy (non-hydrogen) atoms. The van der Waals surface area contributed by atoms with Gasteiger partial charge in [-0.3, -0.25) is 14.9 Å². The number of hydrogen-bond acceptors (Lipinski definition) is 7. The number of carbonyl (C=O) groups excluding carboxylic acids is 2. The van der Waals surface area contributed by atoms with Crippen LogP contribution in [0.1, 0.15) is 17.3 Å². The molecule has 0 spiro atoms. The maximum Gasteiger partial charge on any atom is 0.345 e. The predicted octanol–water partition coefficient (Wildman–Crippen LogP) is 2.62. The van der Waals surface area contributed by atoms with Crippen molar-refractivity contribution in [3.63, 3.8) is 0 Å². The third-order valence-corrected chi connectivity index (χ3v) is 4.48. The smallest absolute Gasteiger partial charge is 0.345 e. The number of para-hydroxylation sites is 1. The number of hydrogen-bond donors (Lipinski definition) is 1. The molecule has 9 nitrogen and oxygen atoms in total. The number of rotatable bonds is 6. The van der Waals surface area contributed by atoms with Crippen LogP contribution >= 0.6 is 0 Å². The second-order valence-electron chi connectivity index (χ2n) is 6.46. The van der Waals surface area contributed by atoms with E-state index in [1.165, 1.54) is 31.2 Å². The van der Waals surface area contributed by atoms with E-state index in [1.54, 1.807) is 12.1 Å². The lowest BCUT2D eigenvalue weighted by Crippen LogP contribution is -2.36. The minimum atomic E-state index is -1.12. The summed E-state index contributed by atoms with van der Waals surface area (Å²) in [7, 11) is 0. The van der Waals surface area contributed by atoms with Crippen LogP contribution in [0.5, 0.6) is 0 Å². The number of nitro benzene ring substituents is 1. The van der Waals surface area contributed by atoms with Crippen LogP contribution in [0.25, 0.3) is 0 Å². The van der Waals surface area contributed by atoms with Gasteiger partial charge >= 0.3 is 5.97 Å². The van der Waals surface area contributed by atoms with Crippen molar-refractivity contribution in [1.82, 2.24) is 0 Å². The van der Waals surface area contributed by atoms with Crippen LogP contribution in [0, 0.1) is 10.1 Å². The van der Waals surface area contributed by atoms with E-state index in [4.69, 9.17) is 9.47 Å². The molecule has 1 aliphatic rings. The number of anilines is 2. The summed E-state index contributed by atoms with van der Waals surface area (Å²) in [6, 6.07) is 12.7. The molecule has 1 unspecified atom stereocenters. The molecule has 3 rings (SSSR count). The van der Waals surface area contributed by atoms with Crippen LogP contribution in [0.4, 0.5) is 17.1 Å². The van der Waals surface area contributed by atoms with Crippen LogP contribution in [0.2, 0.25) is 0 Å². The first-order chi connectivity index (χ1) is 14.0. The van der Waals surface area contributed by atoms with Gasteiger partial charge in [-0.25, -0.2) is 4.79 Å². The van der Waals surface area contributed by atoms with Crippen molar-refractivity contribution < 1.29 is 24.0 Å². The Kier molecular flexibility index (Phi) is 6.40. The second kappa shape index (κ2) is 9.16. The average molecular weight is 399 g/mol. The molecule has 2 aromatic carbocycles. The van der Waals surface area contributed by atoms with E-state index >= 15 is 0 Å². The lowest BCUT2D eigenvalue weighted by molar-refractivity contribution is -0.385. The van der Waals surface area contributed by atoms with Gasteiger partial charge in [-0.1, -0.05) is 12.1 Å². The highest BCUT2D eigenvalue weighted by atomic mass is 16.6. The summed E-state index contributed by atoms with van der Waals surface area (Å²) in [6.45, 7) is 4.39. The van der Waals surface area contributed by atoms with Gasteiger partial charge in [0.05, 0.1) is 18.1 Å². The highest BCUT2D eigenvalue weighted by Gasteiger charge is 2.25. The Labute approximate surface area is 167 Å². The number of esters is 1. The monoisotopic (exact) mass is 399 g/mol. The van der Waals surface area contributed by atoms with Gasteiger partial charge in [0, 0.05) is 30.5 Å². The zero-order chi connectivity index (χ0) is 20.8. The van der Waals surface area contributed by atoms with Crippen molar-refractivity contribution >= 4 is 28.9 Å². The number of carbonyl (C=O) groups is 2. The standard InChI is InChI=1S/C20H21N3O6/c1-14(29-20(25)17-4-2-3-5-18(17)23(26)27)19(24)21-15-6-8-16(9-7-15)22-10-12-28-13-11-22/h2-9,14H,10-13H2,1H3,(H,21,24). The fraction of sp³-hybridized carbons (Fsp3) is 0.300. The molecule has 9 heteroatoms. The molecule has 2 aromatic rings. The zero-order valence-electron chi connectivity index (χ0n) is 15.9. The van der Waals surface area contributed by atoms with E-state index < -0.39 is 22.9 Å². The number of benzene rings is 2. The average Bonchev–Trinajstić information content (AvgIpc) is 2.74. The fourth-order valence-electron chi connectivity index (χ4n) is 2.90. The van der Waals surface area contributed by atoms with Gasteiger partial charge in [0.25, 0.3) is 11.6 Å². The van der Waals surface area contributed by atoms with Gasteiger partial charge in [0.2, 0.25) is 0 Å². The minimum absolute atomic E-state index is 0.202. The molecule has 0 aliphatic carbocycles. The van der Waals surface area contributed by atoms with Crippen LogP contribution in [-0.2, 0) is 14.3 Å². The van der Waals surface area contributed by atoms with E-state index in [0.29, 0.717) is 18.9 Å². The predicted molar refractivity (Wildman–Crippen MR) is 106 cm³/mol. The quantitative estimate of drug-likeness (QED) is 0.451. The third kappa shape index (κ3) is 5.08. The van der Waals surface area contributed by atoms with Crippen LogP contribution < -0.4 is 10.2 Å². The number of amides is 1. The van der Waals surface area contributed by atoms with Gasteiger partial charge < -0.3 is 19.7 Å². The van der Waals surface area contributed by atoms with Crippen LogP contribution in [0.3, 0.4) is 0 Å². The molecule has 1 aliphatic heterocycles. The van der Waals surface area contributed by atoms with E-state index in [-0.39, 0.29) is 11.3 Å². The molecule has 1 atom stereocenters. The molecule has 0 aromatic heterocycles. The van der Waals surface area contributed by atoms with Gasteiger partial charge in [-0.05, 0) is 37.3 Å². The van der Waals surface area contributed by atoms with Gasteiger partial charge in [0.15, 0.2) is 6.10 Å². The highest BCUT2D eigenvalue weighted by molar-refractivity contribution is 5.98. The fourth-order valence-corrected chi connectivity index (χ4v) is 2.90. The zero-order valence-corrected chi connectivity index (χ0v) is 15.9. The summed E-state index contributed by atoms with van der Waals surface area (Å²) in [5, 5.41) is 13.7. The Bertz CT molecular complexity index is 893. The molecule has 1 fully saturated rings. The van der Waals surface area contributed by atoms with Crippen molar-refractivity contribution in [2.24, 2.45) is 0 Å². The molecule has 1 heterocycles. The maximum atomic E-state index is 12.3. The molecule has 0 radical (unpaired) electrons. The summed E-state index contributed by atoms with van der Waals surface area (Å²) in [6.07, 6.45) is -1.12. The van der Waals surface area contributed by atoms with Crippen LogP contribution in [0.15, 0.2) is 48.5 Å². The first kappa shape index (κ1) is 20.3. The Hall–Kier alpha value is -3.46. The van der Waals surface area contributed by atoms with E-state index in [0.717, 1.165) is 18.8 Å². The summed E-state index contributed by atoms with van der Waals surface area (Å²) >= 11 is 0. The van der Waals surface area contributed by atoms with Crippen molar-refractivity contribution in [3.05, 3.63) is 64.2 Å². The number of nitro groups is 1. The van der Waals surface area contributed by atoms with Gasteiger partial charge in [0.1, 0.15) is 5.56 Å². The normalized spacial score (nSPS) is 14.7. The first-order valence-corrected chi connectivity index (χ1v) is 9.13. The molecule has 0 bridgehead atoms. The Morgan fingerprint density at radius 2 is 1.79 bits per heavy atom. The van der Waals surface area contributed by atoms with E-state index in [2.05, 4.69) is 10.2 Å². The van der Waals surface area contributed by atoms with Crippen LogP contribution in [-0.4, -0.2) is 49.2 Å². The van der Waals surface area contributed by atoms with E-state index in [9.17, 15) is 19.7 Å². The maximum absolute atomic E-state index is 12.3. The number of ether oxygens (including phenoxy) is 2. The van der Waals surface area contributed by atoms with Crippen molar-refractivity contribution in [2.75, 3.05) is 36.5 Å². The Morgan fingerprint density at radius 1 is 1.14 bits per heavy atom. The number of nitrogens with one attached hydrogen (secondary N) is 1. The number of nitrogens with zero attached hydrogens (tertiary/aromatic N) is 2. The van der Waals surface area contributed by atoms with Gasteiger partial charge in [-0.15, -0.1) is 0 Å². The minimum Gasteiger partial charge on any atom is -0.449 e. The summed E-state index contributed by atoms with van der Waals surface area (Å²) in [5.74, 6) is -1.46. The lowest BCUT2D eigenvalue weighted by atomic mass is 10.2. The number of morpholine rings is 1. The largest absolute Gasteiger partial charge is 0.449 e. The lowest BCUT2D eigenvalue weighted by Gasteiger charge is -2.28. The topological polar surface area (TPSA) is 111 Å². The molecule has 1 N–H and O–H groups in total. The molecule has 1 amide bonds.